The fraction of sp³-hybridized carbons (Fsp3) is 0.265. The van der Waals surface area contributed by atoms with Gasteiger partial charge in [0.2, 0.25) is 11.8 Å². The summed E-state index contributed by atoms with van der Waals surface area (Å²) in [5.41, 5.74) is 4.58. The Kier molecular flexibility index (Phi) is 9.55. The quantitative estimate of drug-likeness (QED) is 0.185. The molecular weight excluding hydrogens is 547 g/mol. The van der Waals surface area contributed by atoms with Crippen LogP contribution in [0.2, 0.25) is 0 Å². The molecule has 2 atom stereocenters. The number of nitrogens with one attached hydrogen (secondary N) is 2. The van der Waals surface area contributed by atoms with Crippen molar-refractivity contribution in [3.8, 4) is 6.07 Å². The van der Waals surface area contributed by atoms with Crippen molar-refractivity contribution in [1.29, 1.82) is 5.26 Å². The number of thioether (sulfide) groups is 1. The number of carbonyl (C=O) groups is 2. The van der Waals surface area contributed by atoms with E-state index in [0.29, 0.717) is 28.6 Å². The Bertz CT molecular complexity index is 1540. The maximum atomic E-state index is 13.9. The Hall–Kier alpha value is -3.86. The van der Waals surface area contributed by atoms with Crippen LogP contribution in [0.1, 0.15) is 70.9 Å². The number of carbonyl (C=O) groups excluding carboxylic acids is 2. The van der Waals surface area contributed by atoms with Crippen LogP contribution in [0, 0.1) is 11.3 Å². The van der Waals surface area contributed by atoms with E-state index in [0.717, 1.165) is 48.1 Å². The van der Waals surface area contributed by atoms with Crippen molar-refractivity contribution >= 4 is 45.6 Å². The zero-order valence-corrected chi connectivity index (χ0v) is 24.7. The molecule has 41 heavy (non-hydrogen) atoms. The molecule has 3 aromatic carbocycles. The summed E-state index contributed by atoms with van der Waals surface area (Å²) in [5, 5.41) is 16.3. The molecule has 5 nitrogen and oxygen atoms in total. The number of rotatable bonds is 10. The van der Waals surface area contributed by atoms with Crippen LogP contribution in [0.3, 0.4) is 0 Å². The zero-order chi connectivity index (χ0) is 28.6. The van der Waals surface area contributed by atoms with Gasteiger partial charge in [0, 0.05) is 21.9 Å². The highest BCUT2D eigenvalue weighted by Gasteiger charge is 2.29. The molecule has 0 aliphatic heterocycles. The first-order valence-corrected chi connectivity index (χ1v) is 15.8. The zero-order valence-electron chi connectivity index (χ0n) is 23.1. The van der Waals surface area contributed by atoms with E-state index in [2.05, 4.69) is 47.9 Å². The third-order valence-corrected chi connectivity index (χ3v) is 9.77. The second kappa shape index (κ2) is 13.7. The lowest BCUT2D eigenvalue weighted by atomic mass is 9.83. The summed E-state index contributed by atoms with van der Waals surface area (Å²) in [7, 11) is 0. The molecule has 1 aliphatic carbocycles. The van der Waals surface area contributed by atoms with Gasteiger partial charge in [-0.15, -0.1) is 23.1 Å². The van der Waals surface area contributed by atoms with Gasteiger partial charge in [0.1, 0.15) is 16.3 Å². The molecule has 1 aromatic heterocycles. The number of nitriles is 1. The standard InChI is InChI=1S/C34H33N3O2S2/c1-2-3-17-31(38)36-26-15-10-16-27(21-26)40-32(24-13-8-5-9-14-24)33(39)37-34-29(22-35)28-19-18-25(20-30(28)41-34)23-11-6-4-7-12-23/h4-16,21,25,32H,2-3,17-20H2,1H3,(H,36,38)(H,37,39). The molecule has 2 unspecified atom stereocenters. The van der Waals surface area contributed by atoms with Crippen molar-refractivity contribution in [3.05, 3.63) is 112 Å². The van der Waals surface area contributed by atoms with E-state index < -0.39 is 5.25 Å². The minimum Gasteiger partial charge on any atom is -0.326 e. The lowest BCUT2D eigenvalue weighted by molar-refractivity contribution is -0.116. The molecule has 0 fully saturated rings. The molecule has 0 radical (unpaired) electrons. The number of fused-ring (bicyclic) bond motifs is 1. The highest BCUT2D eigenvalue weighted by atomic mass is 32.2. The molecule has 1 aliphatic rings. The molecule has 1 heterocycles. The maximum absolute atomic E-state index is 13.9. The summed E-state index contributed by atoms with van der Waals surface area (Å²) in [6, 6.07) is 30.2. The lowest BCUT2D eigenvalue weighted by Gasteiger charge is -2.22. The molecule has 208 valence electrons. The van der Waals surface area contributed by atoms with Gasteiger partial charge in [0.15, 0.2) is 0 Å². The van der Waals surface area contributed by atoms with Crippen molar-refractivity contribution in [3.63, 3.8) is 0 Å². The number of amides is 2. The normalized spacial score (nSPS) is 14.9. The Balaban J connectivity index is 1.36. The van der Waals surface area contributed by atoms with Crippen LogP contribution in [0.5, 0.6) is 0 Å². The summed E-state index contributed by atoms with van der Waals surface area (Å²) in [4.78, 5) is 28.2. The molecule has 7 heteroatoms. The summed E-state index contributed by atoms with van der Waals surface area (Å²) in [6.07, 6.45) is 5.00. The highest BCUT2D eigenvalue weighted by molar-refractivity contribution is 8.00. The second-order valence-electron chi connectivity index (χ2n) is 10.2. The van der Waals surface area contributed by atoms with Crippen LogP contribution >= 0.6 is 23.1 Å². The average molecular weight is 580 g/mol. The van der Waals surface area contributed by atoms with E-state index in [1.807, 2.05) is 60.7 Å². The number of unbranched alkanes of at least 4 members (excludes halogenated alkanes) is 1. The Morgan fingerprint density at radius 2 is 1.78 bits per heavy atom. The van der Waals surface area contributed by atoms with E-state index in [4.69, 9.17) is 0 Å². The molecular formula is C34H33N3O2S2. The van der Waals surface area contributed by atoms with Crippen molar-refractivity contribution in [2.75, 3.05) is 10.6 Å². The van der Waals surface area contributed by atoms with Gasteiger partial charge in [-0.05, 0) is 66.5 Å². The van der Waals surface area contributed by atoms with Gasteiger partial charge in [-0.3, -0.25) is 9.59 Å². The van der Waals surface area contributed by atoms with Crippen LogP contribution in [0.25, 0.3) is 0 Å². The molecule has 4 aromatic rings. The highest BCUT2D eigenvalue weighted by Crippen LogP contribution is 2.43. The SMILES string of the molecule is CCCCC(=O)Nc1cccc(SC(C(=O)Nc2sc3c(c2C#N)CCC(c2ccccc2)C3)c2ccccc2)c1. The Labute approximate surface area is 250 Å². The number of hydrogen-bond acceptors (Lipinski definition) is 5. The first kappa shape index (κ1) is 28.7. The molecule has 0 bridgehead atoms. The molecule has 2 amide bonds. The third-order valence-electron chi connectivity index (χ3n) is 7.35. The van der Waals surface area contributed by atoms with Gasteiger partial charge in [0.25, 0.3) is 0 Å². The van der Waals surface area contributed by atoms with E-state index in [1.54, 1.807) is 0 Å². The van der Waals surface area contributed by atoms with Gasteiger partial charge >= 0.3 is 0 Å². The summed E-state index contributed by atoms with van der Waals surface area (Å²) >= 11 is 2.97. The van der Waals surface area contributed by atoms with Gasteiger partial charge in [0.05, 0.1) is 5.56 Å². The van der Waals surface area contributed by atoms with E-state index in [-0.39, 0.29) is 11.8 Å². The van der Waals surface area contributed by atoms with Crippen LogP contribution in [-0.4, -0.2) is 11.8 Å². The smallest absolute Gasteiger partial charge is 0.243 e. The topological polar surface area (TPSA) is 82.0 Å². The van der Waals surface area contributed by atoms with E-state index in [9.17, 15) is 14.9 Å². The fourth-order valence-corrected chi connectivity index (χ4v) is 7.59. The molecule has 0 spiro atoms. The molecule has 0 saturated carbocycles. The third kappa shape index (κ3) is 7.08. The lowest BCUT2D eigenvalue weighted by Crippen LogP contribution is -2.19. The number of benzene rings is 3. The van der Waals surface area contributed by atoms with Gasteiger partial charge in [-0.25, -0.2) is 0 Å². The first-order valence-electron chi connectivity index (χ1n) is 14.1. The number of nitrogens with zero attached hydrogens (tertiary/aromatic N) is 1. The summed E-state index contributed by atoms with van der Waals surface area (Å²) < 4.78 is 0. The molecule has 5 rings (SSSR count). The van der Waals surface area contributed by atoms with Crippen molar-refractivity contribution in [2.45, 2.75) is 61.5 Å². The minimum atomic E-state index is -0.537. The van der Waals surface area contributed by atoms with E-state index >= 15 is 0 Å². The van der Waals surface area contributed by atoms with Gasteiger partial charge < -0.3 is 10.6 Å². The Morgan fingerprint density at radius 3 is 2.51 bits per heavy atom. The van der Waals surface area contributed by atoms with Crippen LogP contribution < -0.4 is 10.6 Å². The number of anilines is 2. The van der Waals surface area contributed by atoms with Gasteiger partial charge in [-0.2, -0.15) is 5.26 Å². The fourth-order valence-electron chi connectivity index (χ4n) is 5.22. The van der Waals surface area contributed by atoms with E-state index in [1.165, 1.54) is 33.5 Å². The first-order chi connectivity index (χ1) is 20.1. The van der Waals surface area contributed by atoms with Crippen molar-refractivity contribution < 1.29 is 9.59 Å². The second-order valence-corrected chi connectivity index (χ2v) is 12.5. The predicted octanol–water partition coefficient (Wildman–Crippen LogP) is 8.49. The summed E-state index contributed by atoms with van der Waals surface area (Å²) in [5.74, 6) is 0.236. The maximum Gasteiger partial charge on any atom is 0.243 e. The van der Waals surface area contributed by atoms with Crippen molar-refractivity contribution in [2.24, 2.45) is 0 Å². The monoisotopic (exact) mass is 579 g/mol. The van der Waals surface area contributed by atoms with Gasteiger partial charge in [-0.1, -0.05) is 80.1 Å². The molecule has 0 saturated heterocycles. The van der Waals surface area contributed by atoms with Crippen LogP contribution in [-0.2, 0) is 22.4 Å². The predicted molar refractivity (Wildman–Crippen MR) is 169 cm³/mol. The minimum absolute atomic E-state index is 0.00782. The largest absolute Gasteiger partial charge is 0.326 e. The summed E-state index contributed by atoms with van der Waals surface area (Å²) in [6.45, 7) is 2.06. The average Bonchev–Trinajstić information content (AvgIpc) is 3.35. The van der Waals surface area contributed by atoms with Crippen molar-refractivity contribution in [1.82, 2.24) is 0 Å². The van der Waals surface area contributed by atoms with Crippen LogP contribution in [0.15, 0.2) is 89.8 Å². The number of thiophene rings is 1. The Morgan fingerprint density at radius 1 is 1.02 bits per heavy atom. The number of hydrogen-bond donors (Lipinski definition) is 2. The molecule has 2 N–H and O–H groups in total. The van der Waals surface area contributed by atoms with Crippen LogP contribution in [0.4, 0.5) is 10.7 Å².